The molecule has 0 nitrogen and oxygen atoms in total. The van der Waals surface area contributed by atoms with E-state index in [1.165, 1.54) is 6.07 Å². The molecule has 0 fully saturated rings. The summed E-state index contributed by atoms with van der Waals surface area (Å²) < 4.78 is 13.3. The van der Waals surface area contributed by atoms with E-state index in [4.69, 9.17) is 23.2 Å². The van der Waals surface area contributed by atoms with Crippen molar-refractivity contribution in [2.75, 3.05) is 0 Å². The fraction of sp³-hybridized carbons (Fsp3) is 0.0769. The molecule has 0 amide bonds. The van der Waals surface area contributed by atoms with Crippen molar-refractivity contribution in [1.82, 2.24) is 0 Å². The van der Waals surface area contributed by atoms with Gasteiger partial charge >= 0.3 is 0 Å². The number of benzene rings is 2. The summed E-state index contributed by atoms with van der Waals surface area (Å²) in [6, 6.07) is 10.3. The molecule has 0 N–H and O–H groups in total. The standard InChI is InChI=1S/C13H9Cl2F/c1-8-2-4-10(14)7-11(8)9-3-5-12(15)13(16)6-9/h2-7H,1H3. The van der Waals surface area contributed by atoms with Gasteiger partial charge in [0.05, 0.1) is 5.02 Å². The Hall–Kier alpha value is -1.05. The number of hydrogen-bond acceptors (Lipinski definition) is 0. The summed E-state index contributed by atoms with van der Waals surface area (Å²) in [6.07, 6.45) is 0. The Morgan fingerprint density at radius 1 is 1.00 bits per heavy atom. The molecule has 3 heteroatoms. The maximum atomic E-state index is 13.3. The molecule has 16 heavy (non-hydrogen) atoms. The lowest BCUT2D eigenvalue weighted by molar-refractivity contribution is 0.629. The molecule has 0 heterocycles. The highest BCUT2D eigenvalue weighted by atomic mass is 35.5. The molecule has 0 aliphatic rings. The third-order valence-electron chi connectivity index (χ3n) is 2.43. The minimum absolute atomic E-state index is 0.128. The van der Waals surface area contributed by atoms with E-state index in [2.05, 4.69) is 0 Å². The lowest BCUT2D eigenvalue weighted by Gasteiger charge is -2.07. The lowest BCUT2D eigenvalue weighted by atomic mass is 10.0. The lowest BCUT2D eigenvalue weighted by Crippen LogP contribution is -1.85. The molecule has 0 saturated carbocycles. The summed E-state index contributed by atoms with van der Waals surface area (Å²) in [5.41, 5.74) is 2.75. The third kappa shape index (κ3) is 2.21. The van der Waals surface area contributed by atoms with Crippen LogP contribution in [0.1, 0.15) is 5.56 Å². The summed E-state index contributed by atoms with van der Waals surface area (Å²) in [5.74, 6) is -0.418. The van der Waals surface area contributed by atoms with Crippen LogP contribution in [0.2, 0.25) is 10.0 Å². The fourth-order valence-electron chi connectivity index (χ4n) is 1.57. The third-order valence-corrected chi connectivity index (χ3v) is 2.97. The zero-order valence-electron chi connectivity index (χ0n) is 8.60. The average molecular weight is 255 g/mol. The van der Waals surface area contributed by atoms with Crippen LogP contribution in [0, 0.1) is 12.7 Å². The zero-order valence-corrected chi connectivity index (χ0v) is 10.1. The van der Waals surface area contributed by atoms with E-state index in [0.717, 1.165) is 16.7 Å². The van der Waals surface area contributed by atoms with Gasteiger partial charge in [-0.3, -0.25) is 0 Å². The summed E-state index contributed by atoms with van der Waals surface area (Å²) in [5, 5.41) is 0.763. The summed E-state index contributed by atoms with van der Waals surface area (Å²) in [7, 11) is 0. The molecule has 82 valence electrons. The van der Waals surface area contributed by atoms with E-state index in [0.29, 0.717) is 5.02 Å². The highest BCUT2D eigenvalue weighted by Crippen LogP contribution is 2.28. The van der Waals surface area contributed by atoms with Gasteiger partial charge in [0.25, 0.3) is 0 Å². The number of aryl methyl sites for hydroxylation is 1. The minimum Gasteiger partial charge on any atom is -0.205 e. The van der Waals surface area contributed by atoms with Crippen molar-refractivity contribution in [2.24, 2.45) is 0 Å². The zero-order chi connectivity index (χ0) is 11.7. The molecule has 0 aliphatic carbocycles. The Morgan fingerprint density at radius 2 is 1.75 bits per heavy atom. The normalized spacial score (nSPS) is 10.5. The number of halogens is 3. The van der Waals surface area contributed by atoms with Crippen LogP contribution in [0.15, 0.2) is 36.4 Å². The van der Waals surface area contributed by atoms with E-state index in [1.807, 2.05) is 25.1 Å². The maximum absolute atomic E-state index is 13.3. The first kappa shape index (κ1) is 11.4. The van der Waals surface area contributed by atoms with Crippen LogP contribution in [0.5, 0.6) is 0 Å². The Kier molecular flexibility index (Phi) is 3.17. The van der Waals surface area contributed by atoms with Crippen LogP contribution in [0.3, 0.4) is 0 Å². The van der Waals surface area contributed by atoms with Gasteiger partial charge in [-0.05, 0) is 47.9 Å². The molecule has 2 aromatic carbocycles. The highest BCUT2D eigenvalue weighted by molar-refractivity contribution is 6.31. The molecule has 0 saturated heterocycles. The Bertz CT molecular complexity index is 535. The first-order chi connectivity index (χ1) is 7.58. The molecule has 0 aliphatic heterocycles. The quantitative estimate of drug-likeness (QED) is 0.664. The van der Waals surface area contributed by atoms with E-state index >= 15 is 0 Å². The SMILES string of the molecule is Cc1ccc(Cl)cc1-c1ccc(Cl)c(F)c1. The molecule has 0 atom stereocenters. The van der Waals surface area contributed by atoms with Crippen molar-refractivity contribution in [3.63, 3.8) is 0 Å². The van der Waals surface area contributed by atoms with Crippen LogP contribution in [0.4, 0.5) is 4.39 Å². The second kappa shape index (κ2) is 4.44. The van der Waals surface area contributed by atoms with Gasteiger partial charge in [0.1, 0.15) is 5.82 Å². The Labute approximate surface area is 104 Å². The van der Waals surface area contributed by atoms with Crippen molar-refractivity contribution >= 4 is 23.2 Å². The van der Waals surface area contributed by atoms with Crippen molar-refractivity contribution in [3.8, 4) is 11.1 Å². The second-order valence-electron chi connectivity index (χ2n) is 3.59. The largest absolute Gasteiger partial charge is 0.205 e. The monoisotopic (exact) mass is 254 g/mol. The highest BCUT2D eigenvalue weighted by Gasteiger charge is 2.06. The molecule has 0 aromatic heterocycles. The second-order valence-corrected chi connectivity index (χ2v) is 4.43. The summed E-state index contributed by atoms with van der Waals surface area (Å²) in [4.78, 5) is 0. The molecule has 0 bridgehead atoms. The van der Waals surface area contributed by atoms with Crippen molar-refractivity contribution in [3.05, 3.63) is 57.8 Å². The van der Waals surface area contributed by atoms with Crippen LogP contribution < -0.4 is 0 Å². The molecular formula is C13H9Cl2F. The van der Waals surface area contributed by atoms with Gasteiger partial charge in [0, 0.05) is 5.02 Å². The van der Waals surface area contributed by atoms with Crippen molar-refractivity contribution < 1.29 is 4.39 Å². The van der Waals surface area contributed by atoms with E-state index in [1.54, 1.807) is 12.1 Å². The van der Waals surface area contributed by atoms with Gasteiger partial charge in [0.2, 0.25) is 0 Å². The van der Waals surface area contributed by atoms with Gasteiger partial charge in [-0.2, -0.15) is 0 Å². The van der Waals surface area contributed by atoms with Gasteiger partial charge in [-0.25, -0.2) is 4.39 Å². The molecule has 2 rings (SSSR count). The predicted molar refractivity (Wildman–Crippen MR) is 66.6 cm³/mol. The van der Waals surface area contributed by atoms with Crippen molar-refractivity contribution in [1.29, 1.82) is 0 Å². The van der Waals surface area contributed by atoms with Crippen molar-refractivity contribution in [2.45, 2.75) is 6.92 Å². The molecule has 0 unspecified atom stereocenters. The topological polar surface area (TPSA) is 0 Å². The van der Waals surface area contributed by atoms with Crippen LogP contribution in [-0.2, 0) is 0 Å². The minimum atomic E-state index is -0.418. The van der Waals surface area contributed by atoms with Gasteiger partial charge in [-0.1, -0.05) is 35.3 Å². The molecule has 2 aromatic rings. The summed E-state index contributed by atoms with van der Waals surface area (Å²) in [6.45, 7) is 1.96. The van der Waals surface area contributed by atoms with Crippen LogP contribution >= 0.6 is 23.2 Å². The molecule has 0 spiro atoms. The first-order valence-corrected chi connectivity index (χ1v) is 5.55. The average Bonchev–Trinajstić information content (AvgIpc) is 2.26. The fourth-order valence-corrected chi connectivity index (χ4v) is 1.86. The smallest absolute Gasteiger partial charge is 0.142 e. The van der Waals surface area contributed by atoms with Crippen LogP contribution in [0.25, 0.3) is 11.1 Å². The molecule has 0 radical (unpaired) electrons. The number of rotatable bonds is 1. The van der Waals surface area contributed by atoms with E-state index < -0.39 is 5.82 Å². The van der Waals surface area contributed by atoms with Gasteiger partial charge in [0.15, 0.2) is 0 Å². The maximum Gasteiger partial charge on any atom is 0.142 e. The number of hydrogen-bond donors (Lipinski definition) is 0. The first-order valence-electron chi connectivity index (χ1n) is 4.79. The Morgan fingerprint density at radius 3 is 2.44 bits per heavy atom. The Balaban J connectivity index is 2.58. The molecular weight excluding hydrogens is 246 g/mol. The van der Waals surface area contributed by atoms with E-state index in [9.17, 15) is 4.39 Å². The van der Waals surface area contributed by atoms with E-state index in [-0.39, 0.29) is 5.02 Å². The summed E-state index contributed by atoms with van der Waals surface area (Å²) >= 11 is 11.6. The van der Waals surface area contributed by atoms with Gasteiger partial charge in [-0.15, -0.1) is 0 Å². The predicted octanol–water partition coefficient (Wildman–Crippen LogP) is 5.11. The van der Waals surface area contributed by atoms with Crippen LogP contribution in [-0.4, -0.2) is 0 Å². The van der Waals surface area contributed by atoms with Gasteiger partial charge < -0.3 is 0 Å².